The van der Waals surface area contributed by atoms with Gasteiger partial charge in [-0.1, -0.05) is 43.6 Å². The third-order valence-corrected chi connectivity index (χ3v) is 6.75. The highest BCUT2D eigenvalue weighted by molar-refractivity contribution is 7.89. The van der Waals surface area contributed by atoms with Gasteiger partial charge >= 0.3 is 0 Å². The van der Waals surface area contributed by atoms with E-state index >= 15 is 0 Å². The lowest BCUT2D eigenvalue weighted by atomic mass is 10.2. The van der Waals surface area contributed by atoms with E-state index in [0.717, 1.165) is 0 Å². The van der Waals surface area contributed by atoms with Gasteiger partial charge in [-0.15, -0.1) is 0 Å². The van der Waals surface area contributed by atoms with Crippen LogP contribution in [-0.4, -0.2) is 36.7 Å². The number of nitrogens with zero attached hydrogens (tertiary/aromatic N) is 2. The van der Waals surface area contributed by atoms with Crippen molar-refractivity contribution >= 4 is 33.2 Å². The number of nitrogens with one attached hydrogen (secondary N) is 1. The number of carbonyl (C=O) groups excluding carboxylic acids is 1. The Morgan fingerprint density at radius 1 is 1.06 bits per heavy atom. The Hall–Kier alpha value is -2.94. The predicted molar refractivity (Wildman–Crippen MR) is 120 cm³/mol. The van der Waals surface area contributed by atoms with Gasteiger partial charge in [0.25, 0.3) is 5.91 Å². The monoisotopic (exact) mass is 459 g/mol. The normalized spacial score (nSPS) is 11.4. The molecule has 0 unspecified atom stereocenters. The van der Waals surface area contributed by atoms with Crippen molar-refractivity contribution in [1.82, 2.24) is 9.29 Å². The number of sulfonamides is 1. The largest absolute Gasteiger partial charge is 0.455 e. The summed E-state index contributed by atoms with van der Waals surface area (Å²) in [6.07, 6.45) is 1.42. The van der Waals surface area contributed by atoms with E-state index in [1.165, 1.54) is 34.8 Å². The summed E-state index contributed by atoms with van der Waals surface area (Å²) in [5.74, 6) is 0.288. The number of pyridine rings is 1. The molecule has 1 heterocycles. The first kappa shape index (κ1) is 22.7. The molecule has 31 heavy (non-hydrogen) atoms. The lowest BCUT2D eigenvalue weighted by molar-refractivity contribution is 0.102. The highest BCUT2D eigenvalue weighted by atomic mass is 35.5. The fourth-order valence-corrected chi connectivity index (χ4v) is 4.54. The quantitative estimate of drug-likeness (QED) is 0.522. The van der Waals surface area contributed by atoms with Crippen LogP contribution in [0.1, 0.15) is 24.3 Å². The van der Waals surface area contributed by atoms with Gasteiger partial charge in [0.15, 0.2) is 5.75 Å². The summed E-state index contributed by atoms with van der Waals surface area (Å²) in [4.78, 5) is 16.8. The lowest BCUT2D eigenvalue weighted by Crippen LogP contribution is -2.30. The van der Waals surface area contributed by atoms with Crippen LogP contribution in [-0.2, 0) is 10.0 Å². The molecule has 2 aromatic carbocycles. The fraction of sp³-hybridized carbons (Fsp3) is 0.182. The SMILES string of the molecule is CCN(CC)S(=O)(=O)c1ccc(Oc2ccccc2)c(NC(=O)c2cc(Cl)ccn2)c1. The Labute approximate surface area is 186 Å². The van der Waals surface area contributed by atoms with Crippen LogP contribution >= 0.6 is 11.6 Å². The van der Waals surface area contributed by atoms with E-state index in [1.807, 2.05) is 18.2 Å². The second-order valence-electron chi connectivity index (χ2n) is 6.48. The zero-order valence-corrected chi connectivity index (χ0v) is 18.7. The van der Waals surface area contributed by atoms with Gasteiger partial charge < -0.3 is 10.1 Å². The number of benzene rings is 2. The Kier molecular flexibility index (Phi) is 7.27. The molecule has 1 N–H and O–H groups in total. The number of anilines is 1. The van der Waals surface area contributed by atoms with E-state index in [-0.39, 0.29) is 16.3 Å². The number of amides is 1. The van der Waals surface area contributed by atoms with Gasteiger partial charge in [0.2, 0.25) is 10.0 Å². The average Bonchev–Trinajstić information content (AvgIpc) is 2.76. The second-order valence-corrected chi connectivity index (χ2v) is 8.85. The van der Waals surface area contributed by atoms with Crippen LogP contribution in [0, 0.1) is 0 Å². The van der Waals surface area contributed by atoms with Crippen LogP contribution < -0.4 is 10.1 Å². The molecule has 0 aliphatic carbocycles. The van der Waals surface area contributed by atoms with Crippen LogP contribution in [0.15, 0.2) is 71.8 Å². The molecule has 1 amide bonds. The van der Waals surface area contributed by atoms with Gasteiger partial charge in [0.1, 0.15) is 11.4 Å². The third kappa shape index (κ3) is 5.41. The summed E-state index contributed by atoms with van der Waals surface area (Å²) in [6.45, 7) is 4.19. The first-order valence-corrected chi connectivity index (χ1v) is 11.5. The highest BCUT2D eigenvalue weighted by Gasteiger charge is 2.24. The zero-order valence-electron chi connectivity index (χ0n) is 17.1. The van der Waals surface area contributed by atoms with E-state index in [0.29, 0.717) is 29.6 Å². The number of aromatic nitrogens is 1. The molecule has 0 saturated carbocycles. The smallest absolute Gasteiger partial charge is 0.274 e. The van der Waals surface area contributed by atoms with Gasteiger partial charge in [0.05, 0.1) is 10.6 Å². The standard InChI is InChI=1S/C22H22ClN3O4S/c1-3-26(4-2)31(28,29)18-10-11-21(30-17-8-6-5-7-9-17)19(15-18)25-22(27)20-14-16(23)12-13-24-20/h5-15H,3-4H2,1-2H3,(H,25,27). The molecule has 0 bridgehead atoms. The van der Waals surface area contributed by atoms with Crippen molar-refractivity contribution in [2.24, 2.45) is 0 Å². The molecule has 0 aliphatic rings. The molecule has 7 nitrogen and oxygen atoms in total. The molecule has 0 atom stereocenters. The summed E-state index contributed by atoms with van der Waals surface area (Å²) in [5, 5.41) is 3.05. The molecule has 0 radical (unpaired) electrons. The van der Waals surface area contributed by atoms with Crippen molar-refractivity contribution < 1.29 is 17.9 Å². The van der Waals surface area contributed by atoms with E-state index < -0.39 is 15.9 Å². The molecule has 9 heteroatoms. The van der Waals surface area contributed by atoms with Crippen LogP contribution in [0.2, 0.25) is 5.02 Å². The minimum absolute atomic E-state index is 0.0472. The van der Waals surface area contributed by atoms with Crippen molar-refractivity contribution in [1.29, 1.82) is 0 Å². The summed E-state index contributed by atoms with van der Waals surface area (Å²) >= 11 is 5.95. The molecular formula is C22H22ClN3O4S. The fourth-order valence-electron chi connectivity index (χ4n) is 2.90. The summed E-state index contributed by atoms with van der Waals surface area (Å²) in [7, 11) is -3.73. The number of para-hydroxylation sites is 1. The number of carbonyl (C=O) groups is 1. The maximum Gasteiger partial charge on any atom is 0.274 e. The molecule has 0 spiro atoms. The van der Waals surface area contributed by atoms with Crippen LogP contribution in [0.25, 0.3) is 0 Å². The Balaban J connectivity index is 2.02. The molecule has 3 rings (SSSR count). The molecular weight excluding hydrogens is 438 g/mol. The minimum atomic E-state index is -3.73. The Bertz CT molecular complexity index is 1170. The van der Waals surface area contributed by atoms with Crippen molar-refractivity contribution in [3.8, 4) is 11.5 Å². The van der Waals surface area contributed by atoms with Gasteiger partial charge in [-0.25, -0.2) is 8.42 Å². The molecule has 0 fully saturated rings. The second kappa shape index (κ2) is 9.91. The third-order valence-electron chi connectivity index (χ3n) is 4.47. The van der Waals surface area contributed by atoms with Crippen molar-refractivity contribution in [2.45, 2.75) is 18.7 Å². The summed E-state index contributed by atoms with van der Waals surface area (Å²) < 4.78 is 33.1. The number of rotatable bonds is 8. The van der Waals surface area contributed by atoms with E-state index in [2.05, 4.69) is 10.3 Å². The Morgan fingerprint density at radius 3 is 2.42 bits per heavy atom. The van der Waals surface area contributed by atoms with Gasteiger partial charge in [0, 0.05) is 24.3 Å². The minimum Gasteiger partial charge on any atom is -0.455 e. The van der Waals surface area contributed by atoms with Crippen molar-refractivity contribution in [3.63, 3.8) is 0 Å². The molecule has 162 valence electrons. The van der Waals surface area contributed by atoms with Crippen LogP contribution in [0.3, 0.4) is 0 Å². The summed E-state index contributed by atoms with van der Waals surface area (Å²) in [6, 6.07) is 16.3. The lowest BCUT2D eigenvalue weighted by Gasteiger charge is -2.20. The topological polar surface area (TPSA) is 88.6 Å². The first-order valence-electron chi connectivity index (χ1n) is 9.65. The van der Waals surface area contributed by atoms with E-state index in [9.17, 15) is 13.2 Å². The van der Waals surface area contributed by atoms with Crippen molar-refractivity contribution in [3.05, 3.63) is 77.6 Å². The number of halogens is 1. The average molecular weight is 460 g/mol. The highest BCUT2D eigenvalue weighted by Crippen LogP contribution is 2.33. The predicted octanol–water partition coefficient (Wildman–Crippen LogP) is 4.81. The zero-order chi connectivity index (χ0) is 22.4. The number of ether oxygens (including phenoxy) is 1. The van der Waals surface area contributed by atoms with Crippen LogP contribution in [0.5, 0.6) is 11.5 Å². The molecule has 0 aliphatic heterocycles. The molecule has 0 saturated heterocycles. The molecule has 3 aromatic rings. The number of hydrogen-bond donors (Lipinski definition) is 1. The van der Waals surface area contributed by atoms with E-state index in [1.54, 1.807) is 32.0 Å². The van der Waals surface area contributed by atoms with Gasteiger partial charge in [-0.2, -0.15) is 4.31 Å². The van der Waals surface area contributed by atoms with Gasteiger partial charge in [-0.05, 0) is 42.5 Å². The number of hydrogen-bond acceptors (Lipinski definition) is 5. The van der Waals surface area contributed by atoms with Crippen molar-refractivity contribution in [2.75, 3.05) is 18.4 Å². The first-order chi connectivity index (χ1) is 14.8. The Morgan fingerprint density at radius 2 is 1.77 bits per heavy atom. The van der Waals surface area contributed by atoms with Gasteiger partial charge in [-0.3, -0.25) is 9.78 Å². The van der Waals surface area contributed by atoms with Crippen LogP contribution in [0.4, 0.5) is 5.69 Å². The molecule has 1 aromatic heterocycles. The maximum absolute atomic E-state index is 13.0. The van der Waals surface area contributed by atoms with E-state index in [4.69, 9.17) is 16.3 Å². The maximum atomic E-state index is 13.0. The summed E-state index contributed by atoms with van der Waals surface area (Å²) in [5.41, 5.74) is 0.291.